The Labute approximate surface area is 270 Å². The van der Waals surface area contributed by atoms with Crippen LogP contribution in [0.3, 0.4) is 0 Å². The Hall–Kier alpha value is -1.92. The highest BCUT2D eigenvalue weighted by molar-refractivity contribution is 5.87. The fraction of sp³-hybridized carbons (Fsp3) is 0.892. The molecular weight excluding hydrogens is 554 g/mol. The summed E-state index contributed by atoms with van der Waals surface area (Å²) in [6.45, 7) is 6.62. The molecule has 2 N–H and O–H groups in total. The zero-order valence-corrected chi connectivity index (χ0v) is 28.9. The summed E-state index contributed by atoms with van der Waals surface area (Å²) in [4.78, 5) is 49.5. The maximum Gasteiger partial charge on any atom is 0.326 e. The minimum atomic E-state index is -1.18. The average molecular weight is 624 g/mol. The molecule has 258 valence electrons. The molecule has 7 nitrogen and oxygen atoms in total. The van der Waals surface area contributed by atoms with Crippen molar-refractivity contribution in [1.29, 1.82) is 0 Å². The van der Waals surface area contributed by atoms with Crippen molar-refractivity contribution in [3.05, 3.63) is 0 Å². The Kier molecular flexibility index (Phi) is 29.7. The van der Waals surface area contributed by atoms with Gasteiger partial charge in [0.2, 0.25) is 5.91 Å². The number of esters is 2. The number of hydrogen-bond donors (Lipinski definition) is 2. The van der Waals surface area contributed by atoms with Gasteiger partial charge in [-0.15, -0.1) is 0 Å². The number of amides is 1. The number of carbonyl (C=O) groups is 4. The van der Waals surface area contributed by atoms with Crippen molar-refractivity contribution < 1.29 is 29.0 Å². The van der Waals surface area contributed by atoms with E-state index in [1.807, 2.05) is 0 Å². The monoisotopic (exact) mass is 624 g/mol. The van der Waals surface area contributed by atoms with Gasteiger partial charge in [-0.05, 0) is 25.7 Å². The summed E-state index contributed by atoms with van der Waals surface area (Å²) >= 11 is 0. The van der Waals surface area contributed by atoms with Crippen LogP contribution in [0.15, 0.2) is 0 Å². The zero-order chi connectivity index (χ0) is 32.7. The molecule has 0 rings (SSSR count). The molecule has 0 saturated heterocycles. The number of hydrogen-bond acceptors (Lipinski definition) is 5. The minimum Gasteiger partial charge on any atom is -0.480 e. The molecule has 7 heteroatoms. The van der Waals surface area contributed by atoms with E-state index >= 15 is 0 Å². The van der Waals surface area contributed by atoms with E-state index in [1.54, 1.807) is 0 Å². The summed E-state index contributed by atoms with van der Waals surface area (Å²) in [7, 11) is 0. The van der Waals surface area contributed by atoms with E-state index in [2.05, 4.69) is 26.1 Å². The average Bonchev–Trinajstić information content (AvgIpc) is 3.00. The standard InChI is InChI=1S/C37H69NO6/c1-4-7-10-13-16-18-20-23-26-29-34(39)38-33(36(41)42)30-31-35(40)44-37(43)32(27-24-21-15-12-9-6-3)28-25-22-19-17-14-11-8-5-2/h32-33H,4-31H2,1-3H3,(H,38,39)(H,41,42)/t32?,33-/m0/s1. The summed E-state index contributed by atoms with van der Waals surface area (Å²) < 4.78 is 5.22. The van der Waals surface area contributed by atoms with Crippen molar-refractivity contribution in [2.45, 2.75) is 207 Å². The minimum absolute atomic E-state index is 0.0922. The molecule has 0 aliphatic rings. The van der Waals surface area contributed by atoms with Crippen LogP contribution in [0, 0.1) is 5.92 Å². The van der Waals surface area contributed by atoms with Crippen molar-refractivity contribution in [1.82, 2.24) is 5.32 Å². The molecule has 0 aliphatic carbocycles. The van der Waals surface area contributed by atoms with Crippen LogP contribution in [-0.2, 0) is 23.9 Å². The highest BCUT2D eigenvalue weighted by Gasteiger charge is 2.25. The number of unbranched alkanes of at least 4 members (excludes halogenated alkanes) is 20. The first-order chi connectivity index (χ1) is 21.3. The van der Waals surface area contributed by atoms with Gasteiger partial charge in [0.15, 0.2) is 0 Å². The van der Waals surface area contributed by atoms with Crippen molar-refractivity contribution in [3.63, 3.8) is 0 Å². The lowest BCUT2D eigenvalue weighted by Gasteiger charge is -2.17. The van der Waals surface area contributed by atoms with Crippen molar-refractivity contribution in [3.8, 4) is 0 Å². The summed E-state index contributed by atoms with van der Waals surface area (Å²) in [6.07, 6.45) is 28.0. The van der Waals surface area contributed by atoms with E-state index < -0.39 is 23.9 Å². The number of carboxylic acid groups (broad SMARTS) is 1. The highest BCUT2D eigenvalue weighted by atomic mass is 16.6. The summed E-state index contributed by atoms with van der Waals surface area (Å²) in [6, 6.07) is -1.17. The van der Waals surface area contributed by atoms with Crippen LogP contribution in [0.4, 0.5) is 0 Å². The molecule has 0 fully saturated rings. The smallest absolute Gasteiger partial charge is 0.326 e. The van der Waals surface area contributed by atoms with Crippen LogP contribution in [0.2, 0.25) is 0 Å². The maximum atomic E-state index is 12.9. The molecule has 0 bridgehead atoms. The third-order valence-corrected chi connectivity index (χ3v) is 8.64. The molecule has 0 spiro atoms. The number of carbonyl (C=O) groups excluding carboxylic acids is 3. The molecular formula is C37H69NO6. The first-order valence-electron chi connectivity index (χ1n) is 18.6. The van der Waals surface area contributed by atoms with Gasteiger partial charge in [0, 0.05) is 12.8 Å². The van der Waals surface area contributed by atoms with Gasteiger partial charge in [-0.2, -0.15) is 0 Å². The van der Waals surface area contributed by atoms with Crippen molar-refractivity contribution >= 4 is 23.8 Å². The van der Waals surface area contributed by atoms with Crippen LogP contribution >= 0.6 is 0 Å². The lowest BCUT2D eigenvalue weighted by atomic mass is 9.94. The maximum absolute atomic E-state index is 12.9. The molecule has 0 radical (unpaired) electrons. The molecule has 0 aromatic heterocycles. The lowest BCUT2D eigenvalue weighted by molar-refractivity contribution is -0.163. The Balaban J connectivity index is 4.52. The second kappa shape index (κ2) is 31.1. The molecule has 2 atom stereocenters. The largest absolute Gasteiger partial charge is 0.480 e. The third-order valence-electron chi connectivity index (χ3n) is 8.64. The molecule has 1 unspecified atom stereocenters. The van der Waals surface area contributed by atoms with Gasteiger partial charge in [0.1, 0.15) is 6.04 Å². The number of ether oxygens (including phenoxy) is 1. The summed E-state index contributed by atoms with van der Waals surface area (Å²) in [5.74, 6) is -2.98. The van der Waals surface area contributed by atoms with Gasteiger partial charge in [-0.3, -0.25) is 14.4 Å². The molecule has 1 amide bonds. The predicted molar refractivity (Wildman–Crippen MR) is 180 cm³/mol. The number of nitrogens with one attached hydrogen (secondary N) is 1. The van der Waals surface area contributed by atoms with Crippen LogP contribution in [0.25, 0.3) is 0 Å². The van der Waals surface area contributed by atoms with Crippen molar-refractivity contribution in [2.24, 2.45) is 5.92 Å². The third kappa shape index (κ3) is 26.5. The summed E-state index contributed by atoms with van der Waals surface area (Å²) in [5.41, 5.74) is 0. The first-order valence-corrected chi connectivity index (χ1v) is 18.6. The predicted octanol–water partition coefficient (Wildman–Crippen LogP) is 10.2. The van der Waals surface area contributed by atoms with E-state index in [-0.39, 0.29) is 31.1 Å². The molecule has 44 heavy (non-hydrogen) atoms. The van der Waals surface area contributed by atoms with E-state index in [0.29, 0.717) is 0 Å². The van der Waals surface area contributed by atoms with E-state index in [4.69, 9.17) is 4.74 Å². The normalized spacial score (nSPS) is 12.5. The molecule has 0 saturated carbocycles. The van der Waals surface area contributed by atoms with Gasteiger partial charge in [-0.1, -0.05) is 162 Å². The fourth-order valence-corrected chi connectivity index (χ4v) is 5.70. The number of rotatable bonds is 32. The SMILES string of the molecule is CCCCCCCCCCCC(=O)N[C@@H](CCC(=O)OC(=O)C(CCCCCCCC)CCCCCCCCCC)C(=O)O. The van der Waals surface area contributed by atoms with Crippen LogP contribution in [0.1, 0.15) is 201 Å². The lowest BCUT2D eigenvalue weighted by Crippen LogP contribution is -2.41. The Morgan fingerprint density at radius 1 is 0.523 bits per heavy atom. The molecule has 0 aromatic rings. The van der Waals surface area contributed by atoms with Gasteiger partial charge < -0.3 is 15.2 Å². The number of carboxylic acids is 1. The van der Waals surface area contributed by atoms with Gasteiger partial charge in [0.05, 0.1) is 5.92 Å². The quantitative estimate of drug-likeness (QED) is 0.0438. The van der Waals surface area contributed by atoms with E-state index in [9.17, 15) is 24.3 Å². The van der Waals surface area contributed by atoms with Gasteiger partial charge >= 0.3 is 17.9 Å². The highest BCUT2D eigenvalue weighted by Crippen LogP contribution is 2.21. The first kappa shape index (κ1) is 42.1. The van der Waals surface area contributed by atoms with E-state index in [0.717, 1.165) is 64.2 Å². The van der Waals surface area contributed by atoms with Crippen molar-refractivity contribution in [2.75, 3.05) is 0 Å². The zero-order valence-electron chi connectivity index (χ0n) is 28.9. The van der Waals surface area contributed by atoms with Gasteiger partial charge in [-0.25, -0.2) is 4.79 Å². The topological polar surface area (TPSA) is 110 Å². The fourth-order valence-electron chi connectivity index (χ4n) is 5.70. The molecule has 0 heterocycles. The Morgan fingerprint density at radius 2 is 0.909 bits per heavy atom. The Morgan fingerprint density at radius 3 is 1.32 bits per heavy atom. The number of aliphatic carboxylic acids is 1. The van der Waals surface area contributed by atoms with Crippen LogP contribution in [-0.4, -0.2) is 35.0 Å². The van der Waals surface area contributed by atoms with Crippen LogP contribution < -0.4 is 5.32 Å². The summed E-state index contributed by atoms with van der Waals surface area (Å²) in [5, 5.41) is 12.1. The molecule has 0 aliphatic heterocycles. The second-order valence-electron chi connectivity index (χ2n) is 12.9. The second-order valence-corrected chi connectivity index (χ2v) is 12.9. The van der Waals surface area contributed by atoms with Crippen LogP contribution in [0.5, 0.6) is 0 Å². The van der Waals surface area contributed by atoms with E-state index in [1.165, 1.54) is 96.3 Å². The Bertz CT molecular complexity index is 725. The van der Waals surface area contributed by atoms with Gasteiger partial charge in [0.25, 0.3) is 0 Å². The molecule has 0 aromatic carbocycles.